The van der Waals surface area contributed by atoms with Crippen LogP contribution in [0.1, 0.15) is 11.3 Å². The van der Waals surface area contributed by atoms with E-state index in [1.54, 1.807) is 6.07 Å². The molecule has 1 aromatic heterocycles. The normalized spacial score (nSPS) is 11.3. The summed E-state index contributed by atoms with van der Waals surface area (Å²) in [5.41, 5.74) is 1.24. The first-order valence-electron chi connectivity index (χ1n) is 7.04. The number of aryl methyl sites for hydroxylation is 1. The van der Waals surface area contributed by atoms with Gasteiger partial charge in [-0.25, -0.2) is 13.8 Å². The van der Waals surface area contributed by atoms with Crippen molar-refractivity contribution in [1.82, 2.24) is 0 Å². The van der Waals surface area contributed by atoms with Crippen molar-refractivity contribution >= 4 is 39.6 Å². The molecule has 3 aromatic rings. The molecule has 0 saturated carbocycles. The molecule has 1 heterocycles. The lowest BCUT2D eigenvalue weighted by atomic mass is 10.2. The van der Waals surface area contributed by atoms with Crippen molar-refractivity contribution in [3.8, 4) is 0 Å². The molecule has 6 heteroatoms. The second kappa shape index (κ2) is 7.32. The molecular weight excluding hydrogens is 396 g/mol. The molecule has 2 nitrogen and oxygen atoms in total. The number of nitrogens with zero attached hydrogens (tertiary/aromatic N) is 1. The average Bonchev–Trinajstić information content (AvgIpc) is 2.89. The van der Waals surface area contributed by atoms with E-state index in [2.05, 4.69) is 20.9 Å². The molecule has 0 radical (unpaired) electrons. The first-order valence-corrected chi connectivity index (χ1v) is 8.65. The Balaban J connectivity index is 1.78. The van der Waals surface area contributed by atoms with E-state index in [0.717, 1.165) is 21.5 Å². The molecule has 0 spiro atoms. The van der Waals surface area contributed by atoms with Crippen LogP contribution < -0.4 is 0 Å². The van der Waals surface area contributed by atoms with Crippen molar-refractivity contribution in [1.29, 1.82) is 0 Å². The standard InChI is InChI=1S/C18H12BrF2NOS/c1-11-2-5-14(6-3-11)24-18-15(19)9-13(23-18)10-22-17-7-4-12(20)8-16(17)21/h2-10H,1H3. The Morgan fingerprint density at radius 3 is 2.54 bits per heavy atom. The Labute approximate surface area is 150 Å². The van der Waals surface area contributed by atoms with E-state index in [4.69, 9.17) is 4.42 Å². The fraction of sp³-hybridized carbons (Fsp3) is 0.0556. The monoisotopic (exact) mass is 407 g/mol. The summed E-state index contributed by atoms with van der Waals surface area (Å²) in [4.78, 5) is 5.04. The van der Waals surface area contributed by atoms with E-state index >= 15 is 0 Å². The molecule has 0 amide bonds. The lowest BCUT2D eigenvalue weighted by molar-refractivity contribution is 0.466. The van der Waals surface area contributed by atoms with Crippen molar-refractivity contribution in [2.24, 2.45) is 4.99 Å². The van der Waals surface area contributed by atoms with Crippen LogP contribution in [-0.4, -0.2) is 6.21 Å². The van der Waals surface area contributed by atoms with Crippen LogP contribution >= 0.6 is 27.7 Å². The van der Waals surface area contributed by atoms with Gasteiger partial charge in [0.2, 0.25) is 0 Å². The molecule has 2 aromatic carbocycles. The van der Waals surface area contributed by atoms with Gasteiger partial charge in [-0.3, -0.25) is 0 Å². The van der Waals surface area contributed by atoms with E-state index in [1.165, 1.54) is 29.6 Å². The fourth-order valence-corrected chi connectivity index (χ4v) is 3.26. The number of rotatable bonds is 4. The SMILES string of the molecule is Cc1ccc(Sc2oc(C=Nc3ccc(F)cc3F)cc2Br)cc1. The minimum Gasteiger partial charge on any atom is -0.447 e. The van der Waals surface area contributed by atoms with Crippen LogP contribution in [0.5, 0.6) is 0 Å². The Hall–Kier alpha value is -1.92. The molecule has 0 unspecified atom stereocenters. The quantitative estimate of drug-likeness (QED) is 0.459. The third kappa shape index (κ3) is 4.13. The van der Waals surface area contributed by atoms with E-state index in [-0.39, 0.29) is 5.69 Å². The highest BCUT2D eigenvalue weighted by Crippen LogP contribution is 2.35. The first kappa shape index (κ1) is 16.9. The zero-order chi connectivity index (χ0) is 17.1. The smallest absolute Gasteiger partial charge is 0.179 e. The van der Waals surface area contributed by atoms with Crippen molar-refractivity contribution in [3.63, 3.8) is 0 Å². The highest BCUT2D eigenvalue weighted by atomic mass is 79.9. The Kier molecular flexibility index (Phi) is 5.16. The molecule has 3 rings (SSSR count). The molecule has 0 fully saturated rings. The largest absolute Gasteiger partial charge is 0.447 e. The van der Waals surface area contributed by atoms with Crippen LogP contribution in [-0.2, 0) is 0 Å². The lowest BCUT2D eigenvalue weighted by Crippen LogP contribution is -1.81. The zero-order valence-electron chi connectivity index (χ0n) is 12.6. The topological polar surface area (TPSA) is 25.5 Å². The molecule has 0 aliphatic heterocycles. The number of halogens is 3. The summed E-state index contributed by atoms with van der Waals surface area (Å²) in [5.74, 6) is -0.879. The van der Waals surface area contributed by atoms with Crippen molar-refractivity contribution in [2.45, 2.75) is 16.9 Å². The number of aliphatic imine (C=N–C) groups is 1. The van der Waals surface area contributed by atoms with Crippen LogP contribution in [0.25, 0.3) is 0 Å². The number of hydrogen-bond acceptors (Lipinski definition) is 3. The number of benzene rings is 2. The van der Waals surface area contributed by atoms with E-state index in [0.29, 0.717) is 10.9 Å². The molecule has 122 valence electrons. The van der Waals surface area contributed by atoms with Gasteiger partial charge in [0, 0.05) is 17.0 Å². The van der Waals surface area contributed by atoms with Gasteiger partial charge >= 0.3 is 0 Å². The summed E-state index contributed by atoms with van der Waals surface area (Å²) >= 11 is 4.91. The molecule has 0 saturated heterocycles. The summed E-state index contributed by atoms with van der Waals surface area (Å²) in [6, 6.07) is 13.1. The van der Waals surface area contributed by atoms with E-state index in [9.17, 15) is 8.78 Å². The highest BCUT2D eigenvalue weighted by Gasteiger charge is 2.10. The third-order valence-corrected chi connectivity index (χ3v) is 4.99. The maximum atomic E-state index is 13.6. The van der Waals surface area contributed by atoms with Crippen LogP contribution in [0.3, 0.4) is 0 Å². The van der Waals surface area contributed by atoms with Gasteiger partial charge in [-0.2, -0.15) is 0 Å². The Morgan fingerprint density at radius 2 is 1.83 bits per heavy atom. The Morgan fingerprint density at radius 1 is 1.08 bits per heavy atom. The van der Waals surface area contributed by atoms with Gasteiger partial charge in [-0.1, -0.05) is 29.5 Å². The van der Waals surface area contributed by atoms with Gasteiger partial charge in [0.05, 0.1) is 16.4 Å². The van der Waals surface area contributed by atoms with Gasteiger partial charge in [0.1, 0.15) is 11.6 Å². The summed E-state index contributed by atoms with van der Waals surface area (Å²) < 4.78 is 32.9. The average molecular weight is 408 g/mol. The van der Waals surface area contributed by atoms with Crippen molar-refractivity contribution in [2.75, 3.05) is 0 Å². The van der Waals surface area contributed by atoms with Crippen LogP contribution in [0.4, 0.5) is 14.5 Å². The number of furan rings is 1. The zero-order valence-corrected chi connectivity index (χ0v) is 15.0. The third-order valence-electron chi connectivity index (χ3n) is 3.15. The maximum absolute atomic E-state index is 13.6. The Bertz CT molecular complexity index is 891. The summed E-state index contributed by atoms with van der Waals surface area (Å²) in [6.07, 6.45) is 1.40. The minimum absolute atomic E-state index is 0.0525. The van der Waals surface area contributed by atoms with Crippen molar-refractivity contribution < 1.29 is 13.2 Å². The molecule has 24 heavy (non-hydrogen) atoms. The van der Waals surface area contributed by atoms with E-state index < -0.39 is 11.6 Å². The van der Waals surface area contributed by atoms with Crippen LogP contribution in [0.2, 0.25) is 0 Å². The minimum atomic E-state index is -0.717. The number of hydrogen-bond donors (Lipinski definition) is 0. The van der Waals surface area contributed by atoms with Gasteiger partial charge in [0.25, 0.3) is 0 Å². The van der Waals surface area contributed by atoms with Gasteiger partial charge < -0.3 is 4.42 Å². The summed E-state index contributed by atoms with van der Waals surface area (Å²) in [5, 5.41) is 0.680. The van der Waals surface area contributed by atoms with Gasteiger partial charge in [-0.05, 0) is 47.1 Å². The van der Waals surface area contributed by atoms with E-state index in [1.807, 2.05) is 31.2 Å². The van der Waals surface area contributed by atoms with Gasteiger partial charge in [-0.15, -0.1) is 0 Å². The molecule has 0 aliphatic rings. The lowest BCUT2D eigenvalue weighted by Gasteiger charge is -1.99. The van der Waals surface area contributed by atoms with Crippen LogP contribution in [0, 0.1) is 18.6 Å². The predicted octanol–water partition coefficient (Wildman–Crippen LogP) is 6.53. The fourth-order valence-electron chi connectivity index (χ4n) is 1.93. The maximum Gasteiger partial charge on any atom is 0.179 e. The summed E-state index contributed by atoms with van der Waals surface area (Å²) in [7, 11) is 0. The van der Waals surface area contributed by atoms with Crippen LogP contribution in [0.15, 0.2) is 72.4 Å². The summed E-state index contributed by atoms with van der Waals surface area (Å²) in [6.45, 7) is 2.03. The first-order chi connectivity index (χ1) is 11.5. The molecular formula is C18H12BrF2NOS. The van der Waals surface area contributed by atoms with Gasteiger partial charge in [0.15, 0.2) is 10.9 Å². The molecule has 0 bridgehead atoms. The highest BCUT2D eigenvalue weighted by molar-refractivity contribution is 9.10. The second-order valence-electron chi connectivity index (χ2n) is 5.05. The predicted molar refractivity (Wildman–Crippen MR) is 95.3 cm³/mol. The molecule has 0 N–H and O–H groups in total. The molecule has 0 atom stereocenters. The molecule has 0 aliphatic carbocycles. The van der Waals surface area contributed by atoms with Crippen molar-refractivity contribution in [3.05, 3.63) is 76.0 Å². The second-order valence-corrected chi connectivity index (χ2v) is 6.95.